The molecule has 2 heterocycles. The first-order valence-electron chi connectivity index (χ1n) is 11.1. The molecule has 5 rings (SSSR count). The first-order chi connectivity index (χ1) is 15.9. The highest BCUT2D eigenvalue weighted by atomic mass is 16.5. The number of phenols is 1. The summed E-state index contributed by atoms with van der Waals surface area (Å²) in [5.41, 5.74) is 3.63. The molecule has 0 spiro atoms. The summed E-state index contributed by atoms with van der Waals surface area (Å²) in [6.45, 7) is 8.33. The van der Waals surface area contributed by atoms with E-state index in [4.69, 9.17) is 18.9 Å². The van der Waals surface area contributed by atoms with Gasteiger partial charge in [0.2, 0.25) is 0 Å². The van der Waals surface area contributed by atoms with Crippen LogP contribution in [0.5, 0.6) is 28.7 Å². The van der Waals surface area contributed by atoms with Gasteiger partial charge in [0.15, 0.2) is 11.5 Å². The van der Waals surface area contributed by atoms with Gasteiger partial charge in [0.25, 0.3) is 0 Å². The third-order valence-electron chi connectivity index (χ3n) is 6.91. The Morgan fingerprint density at radius 1 is 1.21 bits per heavy atom. The van der Waals surface area contributed by atoms with Gasteiger partial charge in [-0.1, -0.05) is 6.58 Å². The summed E-state index contributed by atoms with van der Waals surface area (Å²) >= 11 is 0. The number of hydrogen-bond acceptors (Lipinski definition) is 7. The van der Waals surface area contributed by atoms with E-state index in [0.29, 0.717) is 35.8 Å². The zero-order valence-electron chi connectivity index (χ0n) is 19.3. The Labute approximate surface area is 193 Å². The first kappa shape index (κ1) is 21.4. The number of rotatable bonds is 6. The van der Waals surface area contributed by atoms with E-state index in [1.807, 2.05) is 38.1 Å². The zero-order chi connectivity index (χ0) is 23.3. The minimum Gasteiger partial charge on any atom is -0.507 e. The van der Waals surface area contributed by atoms with Gasteiger partial charge < -0.3 is 24.1 Å². The van der Waals surface area contributed by atoms with E-state index in [1.54, 1.807) is 20.4 Å². The molecule has 3 aliphatic rings. The Kier molecular flexibility index (Phi) is 5.07. The van der Waals surface area contributed by atoms with Crippen molar-refractivity contribution in [1.82, 2.24) is 0 Å². The van der Waals surface area contributed by atoms with Gasteiger partial charge in [-0.05, 0) is 44.0 Å². The van der Waals surface area contributed by atoms with Crippen LogP contribution in [0.4, 0.5) is 0 Å². The maximum absolute atomic E-state index is 11.4. The van der Waals surface area contributed by atoms with E-state index in [9.17, 15) is 5.11 Å². The van der Waals surface area contributed by atoms with Crippen molar-refractivity contribution in [2.75, 3.05) is 20.8 Å². The predicted octanol–water partition coefficient (Wildman–Crippen LogP) is 4.43. The smallest absolute Gasteiger partial charge is 0.164 e. The maximum Gasteiger partial charge on any atom is 0.164 e. The summed E-state index contributed by atoms with van der Waals surface area (Å²) in [4.78, 5) is 0. The number of fused-ring (bicyclic) bond motifs is 4. The number of aromatic hydroxyl groups is 1. The van der Waals surface area contributed by atoms with Gasteiger partial charge in [-0.3, -0.25) is 0 Å². The SMILES string of the molecule is C=C(C)[C@H]1Cc2c(ccc(/C(=N/N=C/C)C34CC3COc3cc(OC)c(OC)cc34)c2O)O1. The Bertz CT molecular complexity index is 1200. The van der Waals surface area contributed by atoms with Gasteiger partial charge in [-0.2, -0.15) is 10.2 Å². The molecule has 1 fully saturated rings. The molecule has 2 unspecified atom stereocenters. The number of benzene rings is 2. The van der Waals surface area contributed by atoms with Gasteiger partial charge in [0, 0.05) is 41.3 Å². The molecule has 2 aromatic rings. The molecule has 0 amide bonds. The van der Waals surface area contributed by atoms with Crippen LogP contribution in [0, 0.1) is 5.92 Å². The second-order valence-electron chi connectivity index (χ2n) is 8.80. The molecule has 0 aromatic heterocycles. The predicted molar refractivity (Wildman–Crippen MR) is 127 cm³/mol. The number of methoxy groups -OCH3 is 2. The van der Waals surface area contributed by atoms with Crippen molar-refractivity contribution in [3.63, 3.8) is 0 Å². The van der Waals surface area contributed by atoms with Gasteiger partial charge in [-0.25, -0.2) is 0 Å². The van der Waals surface area contributed by atoms with E-state index in [-0.39, 0.29) is 17.8 Å². The average molecular weight is 449 g/mol. The molecule has 0 radical (unpaired) electrons. The maximum atomic E-state index is 11.4. The van der Waals surface area contributed by atoms with Gasteiger partial charge >= 0.3 is 0 Å². The van der Waals surface area contributed by atoms with E-state index in [0.717, 1.165) is 34.6 Å². The van der Waals surface area contributed by atoms with Crippen molar-refractivity contribution in [3.8, 4) is 28.7 Å². The van der Waals surface area contributed by atoms with Crippen molar-refractivity contribution in [3.05, 3.63) is 53.1 Å². The van der Waals surface area contributed by atoms with Crippen molar-refractivity contribution < 1.29 is 24.1 Å². The molecular weight excluding hydrogens is 420 g/mol. The van der Waals surface area contributed by atoms with Crippen LogP contribution in [0.3, 0.4) is 0 Å². The average Bonchev–Trinajstić information content (AvgIpc) is 3.40. The van der Waals surface area contributed by atoms with Crippen LogP contribution >= 0.6 is 0 Å². The molecule has 7 nitrogen and oxygen atoms in total. The summed E-state index contributed by atoms with van der Waals surface area (Å²) in [5.74, 6) is 3.07. The molecule has 1 N–H and O–H groups in total. The van der Waals surface area contributed by atoms with E-state index < -0.39 is 5.41 Å². The standard InChI is InChI=1S/C26H28N2O5/c1-6-27-28-25(16-7-8-19-17(24(16)29)9-20(33-19)14(2)3)26-12-15(26)13-32-21-11-23(31-5)22(30-4)10-18(21)26/h6-8,10-11,15,20,29H,2,9,12-13H2,1,3-5H3/b27-6+,28-25-/t15?,20-,26?/m1/s1. The van der Waals surface area contributed by atoms with Crippen LogP contribution in [0.2, 0.25) is 0 Å². The molecule has 0 saturated heterocycles. The lowest BCUT2D eigenvalue weighted by atomic mass is 9.82. The van der Waals surface area contributed by atoms with Crippen LogP contribution < -0.4 is 18.9 Å². The Balaban J connectivity index is 1.66. The van der Waals surface area contributed by atoms with Crippen molar-refractivity contribution in [2.24, 2.45) is 16.1 Å². The number of hydrogen-bond donors (Lipinski definition) is 1. The topological polar surface area (TPSA) is 81.9 Å². The fraction of sp³-hybridized carbons (Fsp3) is 0.385. The molecule has 0 bridgehead atoms. The summed E-state index contributed by atoms with van der Waals surface area (Å²) in [6.07, 6.45) is 2.93. The number of ether oxygens (including phenoxy) is 4. The van der Waals surface area contributed by atoms with Gasteiger partial charge in [0.1, 0.15) is 23.4 Å². The second-order valence-corrected chi connectivity index (χ2v) is 8.80. The van der Waals surface area contributed by atoms with Crippen LogP contribution in [0.15, 0.2) is 46.6 Å². The largest absolute Gasteiger partial charge is 0.507 e. The molecule has 7 heteroatoms. The molecule has 3 atom stereocenters. The lowest BCUT2D eigenvalue weighted by Gasteiger charge is -2.28. The molecule has 2 aliphatic heterocycles. The third-order valence-corrected chi connectivity index (χ3v) is 6.91. The quantitative estimate of drug-likeness (QED) is 0.402. The van der Waals surface area contributed by atoms with E-state index >= 15 is 0 Å². The minimum absolute atomic E-state index is 0.137. The van der Waals surface area contributed by atoms with Gasteiger partial charge in [-0.15, -0.1) is 0 Å². The fourth-order valence-electron chi connectivity index (χ4n) is 5.07. The van der Waals surface area contributed by atoms with E-state index in [1.165, 1.54) is 0 Å². The van der Waals surface area contributed by atoms with Crippen LogP contribution in [-0.2, 0) is 11.8 Å². The molecule has 1 aliphatic carbocycles. The van der Waals surface area contributed by atoms with Crippen LogP contribution in [0.25, 0.3) is 0 Å². The Morgan fingerprint density at radius 2 is 1.97 bits per heavy atom. The molecule has 1 saturated carbocycles. The zero-order valence-corrected chi connectivity index (χ0v) is 19.3. The lowest BCUT2D eigenvalue weighted by Crippen LogP contribution is -2.30. The highest BCUT2D eigenvalue weighted by molar-refractivity contribution is 6.13. The summed E-state index contributed by atoms with van der Waals surface area (Å²) in [7, 11) is 3.22. The highest BCUT2D eigenvalue weighted by Gasteiger charge is 2.63. The molecular formula is C26H28N2O5. The second kappa shape index (κ2) is 7.83. The van der Waals surface area contributed by atoms with E-state index in [2.05, 4.69) is 16.8 Å². The van der Waals surface area contributed by atoms with Crippen molar-refractivity contribution in [2.45, 2.75) is 38.2 Å². The highest BCUT2D eigenvalue weighted by Crippen LogP contribution is 2.63. The van der Waals surface area contributed by atoms with Crippen molar-refractivity contribution in [1.29, 1.82) is 0 Å². The number of phenolic OH excluding ortho intramolecular Hbond substituents is 1. The summed E-state index contributed by atoms with van der Waals surface area (Å²) < 4.78 is 23.1. The Morgan fingerprint density at radius 3 is 2.67 bits per heavy atom. The molecule has 33 heavy (non-hydrogen) atoms. The normalized spacial score (nSPS) is 24.9. The third kappa shape index (κ3) is 3.17. The summed E-state index contributed by atoms with van der Waals surface area (Å²) in [6, 6.07) is 7.60. The fourth-order valence-corrected chi connectivity index (χ4v) is 5.07. The molecule has 2 aromatic carbocycles. The molecule has 172 valence electrons. The minimum atomic E-state index is -0.432. The van der Waals surface area contributed by atoms with Crippen LogP contribution in [0.1, 0.15) is 37.0 Å². The van der Waals surface area contributed by atoms with Crippen LogP contribution in [-0.4, -0.2) is 44.0 Å². The lowest BCUT2D eigenvalue weighted by molar-refractivity contribution is 0.267. The first-order valence-corrected chi connectivity index (χ1v) is 11.1. The van der Waals surface area contributed by atoms with Crippen molar-refractivity contribution >= 4 is 11.9 Å². The van der Waals surface area contributed by atoms with Gasteiger partial charge in [0.05, 0.1) is 32.0 Å². The monoisotopic (exact) mass is 448 g/mol. The Hall–Kier alpha value is -3.48. The summed E-state index contributed by atoms with van der Waals surface area (Å²) in [5, 5.41) is 20.2. The number of nitrogens with zero attached hydrogens (tertiary/aromatic N) is 2.